The van der Waals surface area contributed by atoms with Crippen molar-refractivity contribution in [2.45, 2.75) is 19.8 Å². The Hall–Kier alpha value is -2.04. The Kier molecular flexibility index (Phi) is 3.82. The number of anilines is 2. The minimum atomic E-state index is -0.470. The molecule has 0 unspecified atom stereocenters. The zero-order valence-electron chi connectivity index (χ0n) is 10.3. The van der Waals surface area contributed by atoms with Gasteiger partial charge in [0, 0.05) is 24.3 Å². The Balaban J connectivity index is 2.01. The van der Waals surface area contributed by atoms with E-state index in [-0.39, 0.29) is 5.91 Å². The molecular formula is C13H16N2O3. The highest BCUT2D eigenvalue weighted by molar-refractivity contribution is 5.95. The Morgan fingerprint density at radius 1 is 1.39 bits per heavy atom. The first-order chi connectivity index (χ1) is 8.70. The van der Waals surface area contributed by atoms with E-state index >= 15 is 0 Å². The lowest BCUT2D eigenvalue weighted by Gasteiger charge is -2.16. The molecule has 5 nitrogen and oxygen atoms in total. The van der Waals surface area contributed by atoms with E-state index in [9.17, 15) is 9.59 Å². The van der Waals surface area contributed by atoms with Crippen LogP contribution in [0.2, 0.25) is 0 Å². The summed E-state index contributed by atoms with van der Waals surface area (Å²) in [6.07, 6.45) is 1.05. The van der Waals surface area contributed by atoms with E-state index in [1.807, 2.05) is 12.1 Å². The fourth-order valence-corrected chi connectivity index (χ4v) is 1.93. The van der Waals surface area contributed by atoms with Crippen LogP contribution in [0.1, 0.15) is 19.8 Å². The third-order valence-electron chi connectivity index (χ3n) is 2.77. The van der Waals surface area contributed by atoms with E-state index in [4.69, 9.17) is 4.74 Å². The number of nitrogens with one attached hydrogen (secondary N) is 1. The molecule has 1 N–H and O–H groups in total. The SMILES string of the molecule is CCOC(=O)Nc1ccc(N2CCCC2=O)cc1. The van der Waals surface area contributed by atoms with Crippen LogP contribution in [0.15, 0.2) is 24.3 Å². The molecule has 1 aliphatic heterocycles. The van der Waals surface area contributed by atoms with Gasteiger partial charge in [0.05, 0.1) is 6.61 Å². The van der Waals surface area contributed by atoms with Crippen LogP contribution in [0.3, 0.4) is 0 Å². The smallest absolute Gasteiger partial charge is 0.411 e. The Morgan fingerprint density at radius 2 is 2.11 bits per heavy atom. The molecule has 1 heterocycles. The zero-order chi connectivity index (χ0) is 13.0. The van der Waals surface area contributed by atoms with Gasteiger partial charge in [-0.1, -0.05) is 0 Å². The first-order valence-corrected chi connectivity index (χ1v) is 6.05. The molecule has 2 rings (SSSR count). The summed E-state index contributed by atoms with van der Waals surface area (Å²) in [4.78, 5) is 24.5. The number of benzene rings is 1. The Labute approximate surface area is 106 Å². The summed E-state index contributed by atoms with van der Waals surface area (Å²) in [6, 6.07) is 7.17. The summed E-state index contributed by atoms with van der Waals surface area (Å²) >= 11 is 0. The van der Waals surface area contributed by atoms with Gasteiger partial charge in [-0.3, -0.25) is 10.1 Å². The van der Waals surface area contributed by atoms with Gasteiger partial charge in [0.15, 0.2) is 0 Å². The predicted molar refractivity (Wildman–Crippen MR) is 68.7 cm³/mol. The van der Waals surface area contributed by atoms with Gasteiger partial charge in [-0.2, -0.15) is 0 Å². The normalized spacial score (nSPS) is 14.7. The first kappa shape index (κ1) is 12.4. The van der Waals surface area contributed by atoms with Gasteiger partial charge >= 0.3 is 6.09 Å². The van der Waals surface area contributed by atoms with E-state index in [1.165, 1.54) is 0 Å². The van der Waals surface area contributed by atoms with Crippen LogP contribution < -0.4 is 10.2 Å². The molecule has 0 spiro atoms. The molecule has 0 aromatic heterocycles. The lowest BCUT2D eigenvalue weighted by Crippen LogP contribution is -2.23. The summed E-state index contributed by atoms with van der Waals surface area (Å²) in [7, 11) is 0. The molecule has 0 atom stereocenters. The molecule has 2 amide bonds. The van der Waals surface area contributed by atoms with Crippen molar-refractivity contribution in [1.29, 1.82) is 0 Å². The summed E-state index contributed by atoms with van der Waals surface area (Å²) in [5.41, 5.74) is 1.52. The van der Waals surface area contributed by atoms with Crippen molar-refractivity contribution < 1.29 is 14.3 Å². The topological polar surface area (TPSA) is 58.6 Å². The van der Waals surface area contributed by atoms with Gasteiger partial charge in [0.1, 0.15) is 0 Å². The van der Waals surface area contributed by atoms with Crippen molar-refractivity contribution in [3.8, 4) is 0 Å². The van der Waals surface area contributed by atoms with Gasteiger partial charge in [0.2, 0.25) is 5.91 Å². The van der Waals surface area contributed by atoms with Gasteiger partial charge < -0.3 is 9.64 Å². The molecule has 0 radical (unpaired) electrons. The molecule has 0 saturated carbocycles. The van der Waals surface area contributed by atoms with Crippen LogP contribution in [0.25, 0.3) is 0 Å². The van der Waals surface area contributed by atoms with Crippen LogP contribution in [-0.2, 0) is 9.53 Å². The second-order valence-electron chi connectivity index (χ2n) is 4.04. The number of ether oxygens (including phenoxy) is 1. The quantitative estimate of drug-likeness (QED) is 0.893. The molecule has 1 aliphatic rings. The largest absolute Gasteiger partial charge is 0.450 e. The van der Waals surface area contributed by atoms with Crippen molar-refractivity contribution in [2.24, 2.45) is 0 Å². The highest BCUT2D eigenvalue weighted by Crippen LogP contribution is 2.22. The minimum Gasteiger partial charge on any atom is -0.450 e. The van der Waals surface area contributed by atoms with Crippen LogP contribution in [0.4, 0.5) is 16.2 Å². The van der Waals surface area contributed by atoms with Crippen molar-refractivity contribution in [2.75, 3.05) is 23.4 Å². The summed E-state index contributed by atoms with van der Waals surface area (Å²) in [5, 5.41) is 2.61. The number of hydrogen-bond donors (Lipinski definition) is 1. The second-order valence-corrected chi connectivity index (χ2v) is 4.04. The molecule has 0 bridgehead atoms. The molecule has 1 aromatic carbocycles. The van der Waals surface area contributed by atoms with Crippen LogP contribution >= 0.6 is 0 Å². The third kappa shape index (κ3) is 2.80. The molecule has 5 heteroatoms. The number of amides is 2. The minimum absolute atomic E-state index is 0.154. The van der Waals surface area contributed by atoms with E-state index in [0.717, 1.165) is 18.7 Å². The van der Waals surface area contributed by atoms with Crippen LogP contribution in [-0.4, -0.2) is 25.2 Å². The summed E-state index contributed by atoms with van der Waals surface area (Å²) in [5.74, 6) is 0.154. The highest BCUT2D eigenvalue weighted by atomic mass is 16.5. The Morgan fingerprint density at radius 3 is 2.67 bits per heavy atom. The standard InChI is InChI=1S/C13H16N2O3/c1-2-18-13(17)14-10-5-7-11(8-6-10)15-9-3-4-12(15)16/h5-8H,2-4,9H2,1H3,(H,14,17). The predicted octanol–water partition coefficient (Wildman–Crippen LogP) is 2.38. The monoisotopic (exact) mass is 248 g/mol. The van der Waals surface area contributed by atoms with Crippen LogP contribution in [0, 0.1) is 0 Å². The second kappa shape index (κ2) is 5.53. The summed E-state index contributed by atoms with van der Waals surface area (Å²) < 4.78 is 4.78. The van der Waals surface area contributed by atoms with Gasteiger partial charge in [0.25, 0.3) is 0 Å². The Bertz CT molecular complexity index is 442. The first-order valence-electron chi connectivity index (χ1n) is 6.05. The number of nitrogens with zero attached hydrogens (tertiary/aromatic N) is 1. The maximum atomic E-state index is 11.6. The fraction of sp³-hybridized carbons (Fsp3) is 0.385. The van der Waals surface area contributed by atoms with E-state index in [0.29, 0.717) is 18.7 Å². The zero-order valence-corrected chi connectivity index (χ0v) is 10.3. The average Bonchev–Trinajstić information content (AvgIpc) is 2.77. The molecule has 18 heavy (non-hydrogen) atoms. The van der Waals surface area contributed by atoms with Gasteiger partial charge in [-0.15, -0.1) is 0 Å². The van der Waals surface area contributed by atoms with Crippen molar-refractivity contribution in [1.82, 2.24) is 0 Å². The van der Waals surface area contributed by atoms with Gasteiger partial charge in [-0.25, -0.2) is 4.79 Å². The molecule has 1 aromatic rings. The van der Waals surface area contributed by atoms with Crippen molar-refractivity contribution >= 4 is 23.4 Å². The van der Waals surface area contributed by atoms with Crippen molar-refractivity contribution in [3.63, 3.8) is 0 Å². The number of carbonyl (C=O) groups excluding carboxylic acids is 2. The fourth-order valence-electron chi connectivity index (χ4n) is 1.93. The molecular weight excluding hydrogens is 232 g/mol. The third-order valence-corrected chi connectivity index (χ3v) is 2.77. The molecule has 1 saturated heterocycles. The maximum Gasteiger partial charge on any atom is 0.411 e. The number of carbonyl (C=O) groups is 2. The van der Waals surface area contributed by atoms with Crippen LogP contribution in [0.5, 0.6) is 0 Å². The molecule has 96 valence electrons. The average molecular weight is 248 g/mol. The lowest BCUT2D eigenvalue weighted by atomic mass is 10.2. The molecule has 1 fully saturated rings. The maximum absolute atomic E-state index is 11.6. The number of rotatable bonds is 3. The van der Waals surface area contributed by atoms with Crippen molar-refractivity contribution in [3.05, 3.63) is 24.3 Å². The highest BCUT2D eigenvalue weighted by Gasteiger charge is 2.21. The number of hydrogen-bond acceptors (Lipinski definition) is 3. The van der Waals surface area contributed by atoms with E-state index in [1.54, 1.807) is 24.0 Å². The summed E-state index contributed by atoms with van der Waals surface area (Å²) in [6.45, 7) is 2.86. The van der Waals surface area contributed by atoms with Gasteiger partial charge in [-0.05, 0) is 37.6 Å². The lowest BCUT2D eigenvalue weighted by molar-refractivity contribution is -0.117. The van der Waals surface area contributed by atoms with E-state index < -0.39 is 6.09 Å². The molecule has 0 aliphatic carbocycles. The van der Waals surface area contributed by atoms with E-state index in [2.05, 4.69) is 5.32 Å².